The zero-order valence-electron chi connectivity index (χ0n) is 9.56. The lowest BCUT2D eigenvalue weighted by Crippen LogP contribution is -2.37. The first-order valence-electron chi connectivity index (χ1n) is 6.37. The molecule has 0 radical (unpaired) electrons. The van der Waals surface area contributed by atoms with Gasteiger partial charge in [-0.25, -0.2) is 0 Å². The Morgan fingerprint density at radius 2 is 2.00 bits per heavy atom. The van der Waals surface area contributed by atoms with Crippen LogP contribution in [0.2, 0.25) is 0 Å². The quantitative estimate of drug-likeness (QED) is 0.796. The van der Waals surface area contributed by atoms with Crippen LogP contribution < -0.4 is 11.1 Å². The second kappa shape index (κ2) is 4.47. The first-order chi connectivity index (χ1) is 7.84. The highest BCUT2D eigenvalue weighted by Gasteiger charge is 2.41. The zero-order chi connectivity index (χ0) is 11.0. The molecular weight excluding hydrogens is 216 g/mol. The highest BCUT2D eigenvalue weighted by molar-refractivity contribution is 7.10. The van der Waals surface area contributed by atoms with Gasteiger partial charge in [0.1, 0.15) is 0 Å². The molecule has 0 saturated heterocycles. The summed E-state index contributed by atoms with van der Waals surface area (Å²) in [7, 11) is 0. The van der Waals surface area contributed by atoms with Crippen molar-refractivity contribution in [2.24, 2.45) is 17.6 Å². The lowest BCUT2D eigenvalue weighted by Gasteiger charge is -2.20. The van der Waals surface area contributed by atoms with Crippen molar-refractivity contribution < 1.29 is 0 Å². The fraction of sp³-hybridized carbons (Fsp3) is 0.692. The highest BCUT2D eigenvalue weighted by Crippen LogP contribution is 2.44. The largest absolute Gasteiger partial charge is 0.322 e. The van der Waals surface area contributed by atoms with E-state index >= 15 is 0 Å². The number of nitrogens with one attached hydrogen (secondary N) is 1. The molecule has 3 N–H and O–H groups in total. The van der Waals surface area contributed by atoms with Crippen LogP contribution >= 0.6 is 11.3 Å². The van der Waals surface area contributed by atoms with E-state index in [2.05, 4.69) is 22.8 Å². The smallest absolute Gasteiger partial charge is 0.0516 e. The fourth-order valence-electron chi connectivity index (χ4n) is 2.49. The average Bonchev–Trinajstić information content (AvgIpc) is 3.21. The molecule has 3 rings (SSSR count). The number of rotatable bonds is 6. The first-order valence-corrected chi connectivity index (χ1v) is 7.25. The van der Waals surface area contributed by atoms with E-state index in [0.717, 1.165) is 24.4 Å². The molecule has 3 heteroatoms. The van der Waals surface area contributed by atoms with Crippen LogP contribution in [-0.4, -0.2) is 12.6 Å². The predicted molar refractivity (Wildman–Crippen MR) is 68.5 cm³/mol. The molecule has 1 unspecified atom stereocenters. The summed E-state index contributed by atoms with van der Waals surface area (Å²) in [4.78, 5) is 1.30. The van der Waals surface area contributed by atoms with Crippen LogP contribution in [0.1, 0.15) is 36.6 Å². The molecule has 0 bridgehead atoms. The van der Waals surface area contributed by atoms with Gasteiger partial charge < -0.3 is 11.1 Å². The topological polar surface area (TPSA) is 38.0 Å². The van der Waals surface area contributed by atoms with E-state index in [1.165, 1.54) is 30.6 Å². The van der Waals surface area contributed by atoms with Crippen molar-refractivity contribution in [2.75, 3.05) is 6.54 Å². The zero-order valence-corrected chi connectivity index (χ0v) is 10.4. The summed E-state index contributed by atoms with van der Waals surface area (Å²) in [6.45, 7) is 0.943. The SMILES string of the molecule is NC(CNC(C1CC1)C1CC1)c1cccs1. The molecule has 1 atom stereocenters. The Kier molecular flexibility index (Phi) is 3.01. The molecule has 2 aliphatic carbocycles. The number of thiophene rings is 1. The number of hydrogen-bond donors (Lipinski definition) is 2. The second-order valence-corrected chi connectivity index (χ2v) is 6.21. The molecule has 1 aromatic rings. The van der Waals surface area contributed by atoms with Gasteiger partial charge in [-0.1, -0.05) is 6.07 Å². The van der Waals surface area contributed by atoms with E-state index in [1.807, 2.05) is 0 Å². The Morgan fingerprint density at radius 1 is 1.31 bits per heavy atom. The number of nitrogens with two attached hydrogens (primary N) is 1. The van der Waals surface area contributed by atoms with E-state index in [1.54, 1.807) is 11.3 Å². The molecule has 0 amide bonds. The average molecular weight is 236 g/mol. The van der Waals surface area contributed by atoms with Gasteiger partial charge in [0.2, 0.25) is 0 Å². The van der Waals surface area contributed by atoms with Gasteiger partial charge in [-0.2, -0.15) is 0 Å². The van der Waals surface area contributed by atoms with Gasteiger partial charge in [-0.3, -0.25) is 0 Å². The summed E-state index contributed by atoms with van der Waals surface area (Å²) >= 11 is 1.77. The summed E-state index contributed by atoms with van der Waals surface area (Å²) in [5, 5.41) is 5.82. The molecule has 2 nitrogen and oxygen atoms in total. The van der Waals surface area contributed by atoms with Crippen LogP contribution in [-0.2, 0) is 0 Å². The minimum Gasteiger partial charge on any atom is -0.322 e. The van der Waals surface area contributed by atoms with Crippen molar-refractivity contribution in [3.8, 4) is 0 Å². The summed E-state index contributed by atoms with van der Waals surface area (Å²) in [5.74, 6) is 1.92. The van der Waals surface area contributed by atoms with Gasteiger partial charge in [0, 0.05) is 17.5 Å². The second-order valence-electron chi connectivity index (χ2n) is 5.23. The lowest BCUT2D eigenvalue weighted by atomic mass is 10.1. The Hall–Kier alpha value is -0.380. The maximum absolute atomic E-state index is 6.18. The van der Waals surface area contributed by atoms with Crippen LogP contribution in [0.5, 0.6) is 0 Å². The minimum absolute atomic E-state index is 0.181. The van der Waals surface area contributed by atoms with E-state index in [-0.39, 0.29) is 6.04 Å². The Morgan fingerprint density at radius 3 is 2.50 bits per heavy atom. The molecular formula is C13H20N2S. The third-order valence-corrected chi connectivity index (χ3v) is 4.75. The van der Waals surface area contributed by atoms with Crippen LogP contribution in [0.15, 0.2) is 17.5 Å². The summed E-state index contributed by atoms with van der Waals surface area (Å²) < 4.78 is 0. The maximum atomic E-state index is 6.18. The van der Waals surface area contributed by atoms with Crippen LogP contribution in [0.4, 0.5) is 0 Å². The molecule has 0 spiro atoms. The minimum atomic E-state index is 0.181. The Labute approximate surface area is 101 Å². The van der Waals surface area contributed by atoms with Crippen LogP contribution in [0, 0.1) is 11.8 Å². The van der Waals surface area contributed by atoms with Gasteiger partial charge in [0.25, 0.3) is 0 Å². The van der Waals surface area contributed by atoms with Crippen molar-refractivity contribution in [3.05, 3.63) is 22.4 Å². The van der Waals surface area contributed by atoms with Crippen molar-refractivity contribution in [3.63, 3.8) is 0 Å². The van der Waals surface area contributed by atoms with E-state index in [0.29, 0.717) is 0 Å². The molecule has 2 saturated carbocycles. The number of hydrogen-bond acceptors (Lipinski definition) is 3. The predicted octanol–water partition coefficient (Wildman–Crippen LogP) is 2.53. The van der Waals surface area contributed by atoms with Crippen LogP contribution in [0.25, 0.3) is 0 Å². The summed E-state index contributed by atoms with van der Waals surface area (Å²) in [6, 6.07) is 5.17. The third-order valence-electron chi connectivity index (χ3n) is 3.74. The molecule has 2 aliphatic rings. The molecule has 88 valence electrons. The fourth-order valence-corrected chi connectivity index (χ4v) is 3.22. The van der Waals surface area contributed by atoms with E-state index in [9.17, 15) is 0 Å². The van der Waals surface area contributed by atoms with Crippen molar-refractivity contribution in [2.45, 2.75) is 37.8 Å². The maximum Gasteiger partial charge on any atom is 0.0516 e. The van der Waals surface area contributed by atoms with Gasteiger partial charge in [0.05, 0.1) is 6.04 Å². The standard InChI is InChI=1S/C13H20N2S/c14-11(12-2-1-7-16-12)8-15-13(9-3-4-9)10-5-6-10/h1-2,7,9-11,13,15H,3-6,8,14H2. The van der Waals surface area contributed by atoms with Gasteiger partial charge in [0.15, 0.2) is 0 Å². The first kappa shape index (κ1) is 10.8. The highest BCUT2D eigenvalue weighted by atomic mass is 32.1. The summed E-state index contributed by atoms with van der Waals surface area (Å²) in [5.41, 5.74) is 6.18. The van der Waals surface area contributed by atoms with Crippen molar-refractivity contribution in [1.82, 2.24) is 5.32 Å². The Bertz CT molecular complexity index is 316. The molecule has 1 aromatic heterocycles. The molecule has 2 fully saturated rings. The normalized spacial score (nSPS) is 22.6. The van der Waals surface area contributed by atoms with Gasteiger partial charge in [-0.15, -0.1) is 11.3 Å². The summed E-state index contributed by atoms with van der Waals surface area (Å²) in [6.07, 6.45) is 5.73. The van der Waals surface area contributed by atoms with Crippen molar-refractivity contribution in [1.29, 1.82) is 0 Å². The van der Waals surface area contributed by atoms with E-state index in [4.69, 9.17) is 5.73 Å². The van der Waals surface area contributed by atoms with Crippen molar-refractivity contribution >= 4 is 11.3 Å². The van der Waals surface area contributed by atoms with Gasteiger partial charge >= 0.3 is 0 Å². The molecule has 0 aromatic carbocycles. The molecule has 16 heavy (non-hydrogen) atoms. The monoisotopic (exact) mass is 236 g/mol. The molecule has 1 heterocycles. The third kappa shape index (κ3) is 2.47. The van der Waals surface area contributed by atoms with Crippen LogP contribution in [0.3, 0.4) is 0 Å². The lowest BCUT2D eigenvalue weighted by molar-refractivity contribution is 0.404. The van der Waals surface area contributed by atoms with E-state index < -0.39 is 0 Å². The Balaban J connectivity index is 1.51. The van der Waals surface area contributed by atoms with Gasteiger partial charge in [-0.05, 0) is 49.0 Å². The molecule has 0 aliphatic heterocycles.